The molecule has 0 N–H and O–H groups in total. The molecule has 3 heterocycles. The van der Waals surface area contributed by atoms with E-state index in [9.17, 15) is 0 Å². The van der Waals surface area contributed by atoms with Crippen LogP contribution in [-0.2, 0) is 0 Å². The minimum atomic E-state index is 0.559. The van der Waals surface area contributed by atoms with Gasteiger partial charge in [0.1, 0.15) is 11.2 Å². The van der Waals surface area contributed by atoms with Gasteiger partial charge in [0.15, 0.2) is 11.6 Å². The Morgan fingerprint density at radius 2 is 0.948 bits per heavy atom. The van der Waals surface area contributed by atoms with Crippen LogP contribution in [0.4, 0.5) is 0 Å². The fraction of sp³-hybridized carbons (Fsp3) is 0.0377. The van der Waals surface area contributed by atoms with Crippen molar-refractivity contribution in [2.24, 2.45) is 0 Å². The average Bonchev–Trinajstić information content (AvgIpc) is 3.85. The highest BCUT2D eigenvalue weighted by Gasteiger charge is 2.22. The molecule has 0 aliphatic rings. The molecule has 0 radical (unpaired) electrons. The first-order valence-electron chi connectivity index (χ1n) is 19.8. The van der Waals surface area contributed by atoms with Crippen molar-refractivity contribution in [3.63, 3.8) is 0 Å². The first kappa shape index (κ1) is 33.7. The largest absolute Gasteiger partial charge is 0.456 e. The lowest BCUT2D eigenvalue weighted by Gasteiger charge is -2.13. The molecule has 274 valence electrons. The Balaban J connectivity index is 0.00000190. The van der Waals surface area contributed by atoms with E-state index < -0.39 is 0 Å². The van der Waals surface area contributed by atoms with E-state index in [1.165, 1.54) is 21.5 Å². The quantitative estimate of drug-likeness (QED) is 0.180. The highest BCUT2D eigenvalue weighted by Crippen LogP contribution is 2.42. The van der Waals surface area contributed by atoms with Crippen LogP contribution < -0.4 is 0 Å². The highest BCUT2D eigenvalue weighted by molar-refractivity contribution is 6.23. The predicted octanol–water partition coefficient (Wildman–Crippen LogP) is 14.4. The van der Waals surface area contributed by atoms with Crippen LogP contribution in [0, 0.1) is 0 Å². The van der Waals surface area contributed by atoms with Gasteiger partial charge in [-0.1, -0.05) is 159 Å². The molecule has 0 spiro atoms. The molecule has 0 aliphatic heterocycles. The van der Waals surface area contributed by atoms with Crippen LogP contribution in [0.15, 0.2) is 186 Å². The molecule has 0 unspecified atom stereocenters. The van der Waals surface area contributed by atoms with Crippen LogP contribution in [0.1, 0.15) is 13.8 Å². The minimum Gasteiger partial charge on any atom is -0.456 e. The summed E-state index contributed by atoms with van der Waals surface area (Å²) in [5.41, 5.74) is 7.83. The second-order valence-corrected chi connectivity index (χ2v) is 14.4. The van der Waals surface area contributed by atoms with E-state index in [1.807, 2.05) is 26.0 Å². The number of furan rings is 1. The van der Waals surface area contributed by atoms with Gasteiger partial charge in [0.05, 0.1) is 11.0 Å². The Morgan fingerprint density at radius 1 is 0.397 bits per heavy atom. The third-order valence-electron chi connectivity index (χ3n) is 11.2. The number of nitrogens with zero attached hydrogens (tertiary/aromatic N) is 4. The molecule has 58 heavy (non-hydrogen) atoms. The molecule has 12 aromatic rings. The molecular weight excluding hydrogens is 709 g/mol. The lowest BCUT2D eigenvalue weighted by molar-refractivity contribution is 0.669. The molecule has 0 bridgehead atoms. The summed E-state index contributed by atoms with van der Waals surface area (Å²) in [6, 6.07) is 64.0. The summed E-state index contributed by atoms with van der Waals surface area (Å²) in [4.78, 5) is 15.9. The van der Waals surface area contributed by atoms with Crippen molar-refractivity contribution >= 4 is 76.1 Å². The van der Waals surface area contributed by atoms with E-state index in [4.69, 9.17) is 19.4 Å². The zero-order valence-electron chi connectivity index (χ0n) is 32.0. The molecule has 0 saturated carbocycles. The molecule has 0 atom stereocenters. The van der Waals surface area contributed by atoms with Crippen molar-refractivity contribution in [3.8, 4) is 39.9 Å². The Labute approximate surface area is 334 Å². The number of hydrogen-bond acceptors (Lipinski definition) is 4. The number of benzene rings is 9. The molecule has 0 aliphatic carbocycles. The van der Waals surface area contributed by atoms with Crippen LogP contribution in [-0.4, -0.2) is 19.5 Å². The van der Waals surface area contributed by atoms with E-state index in [-0.39, 0.29) is 0 Å². The van der Waals surface area contributed by atoms with Crippen molar-refractivity contribution in [2.45, 2.75) is 13.8 Å². The van der Waals surface area contributed by atoms with E-state index in [1.54, 1.807) is 0 Å². The maximum Gasteiger partial charge on any atom is 0.238 e. The number of para-hydroxylation sites is 2. The second kappa shape index (κ2) is 13.5. The normalized spacial score (nSPS) is 11.6. The van der Waals surface area contributed by atoms with E-state index in [0.717, 1.165) is 76.8 Å². The summed E-state index contributed by atoms with van der Waals surface area (Å²) < 4.78 is 8.50. The first-order chi connectivity index (χ1) is 28.7. The van der Waals surface area contributed by atoms with Gasteiger partial charge in [-0.25, -0.2) is 4.98 Å². The molecule has 0 amide bonds. The van der Waals surface area contributed by atoms with Crippen molar-refractivity contribution in [1.82, 2.24) is 19.5 Å². The monoisotopic (exact) mass is 744 g/mol. The predicted molar refractivity (Wildman–Crippen MR) is 242 cm³/mol. The molecule has 0 saturated heterocycles. The average molecular weight is 745 g/mol. The zero-order valence-corrected chi connectivity index (χ0v) is 32.0. The smallest absolute Gasteiger partial charge is 0.238 e. The van der Waals surface area contributed by atoms with Crippen molar-refractivity contribution in [1.29, 1.82) is 0 Å². The van der Waals surface area contributed by atoms with E-state index in [0.29, 0.717) is 17.6 Å². The number of aromatic nitrogens is 4. The zero-order chi connectivity index (χ0) is 38.7. The summed E-state index contributed by atoms with van der Waals surface area (Å²) in [6.07, 6.45) is 0. The number of hydrogen-bond donors (Lipinski definition) is 0. The summed E-state index contributed by atoms with van der Waals surface area (Å²) >= 11 is 0. The van der Waals surface area contributed by atoms with Gasteiger partial charge in [-0.05, 0) is 74.3 Å². The van der Waals surface area contributed by atoms with E-state index >= 15 is 0 Å². The van der Waals surface area contributed by atoms with Crippen LogP contribution in [0.5, 0.6) is 0 Å². The van der Waals surface area contributed by atoms with Gasteiger partial charge in [0.2, 0.25) is 5.95 Å². The van der Waals surface area contributed by atoms with Crippen LogP contribution in [0.2, 0.25) is 0 Å². The van der Waals surface area contributed by atoms with Crippen LogP contribution in [0.3, 0.4) is 0 Å². The summed E-state index contributed by atoms with van der Waals surface area (Å²) in [6.45, 7) is 4.00. The SMILES string of the molecule is CC.c1ccc2cc(-c3nc(-c4ccc5ccccc5c4)nc(-n4c5ccc6ccccc6c5c5cccc(-c6ccc7oc8ccccc8c7c6)c54)n3)ccc2c1. The van der Waals surface area contributed by atoms with Gasteiger partial charge in [0, 0.05) is 38.2 Å². The highest BCUT2D eigenvalue weighted by atomic mass is 16.3. The summed E-state index contributed by atoms with van der Waals surface area (Å²) in [5.74, 6) is 1.79. The standard InChI is InChI=1S/C51H30N4O.C2H6/c1-3-13-34-28-37(22-20-31(34)10-1)49-52-50(38-23-21-32-11-2-4-14-35(32)29-38)54-51(53-49)55-44-26-24-33-12-5-6-15-39(33)47(44)42-18-9-17-40(48(42)55)36-25-27-46-43(30-36)41-16-7-8-19-45(41)56-46;1-2/h1-30H;1-2H3. The minimum absolute atomic E-state index is 0.559. The molecule has 9 aromatic carbocycles. The molecular formula is C53H36N4O. The molecule has 12 rings (SSSR count). The maximum atomic E-state index is 6.25. The van der Waals surface area contributed by atoms with Gasteiger partial charge in [-0.15, -0.1) is 0 Å². The third-order valence-corrected chi connectivity index (χ3v) is 11.2. The van der Waals surface area contributed by atoms with Gasteiger partial charge in [0.25, 0.3) is 0 Å². The Bertz CT molecular complexity index is 3460. The van der Waals surface area contributed by atoms with E-state index in [2.05, 4.69) is 174 Å². The lowest BCUT2D eigenvalue weighted by Crippen LogP contribution is -2.07. The van der Waals surface area contributed by atoms with Crippen LogP contribution >= 0.6 is 0 Å². The van der Waals surface area contributed by atoms with Gasteiger partial charge in [-0.2, -0.15) is 9.97 Å². The molecule has 5 nitrogen and oxygen atoms in total. The van der Waals surface area contributed by atoms with Gasteiger partial charge >= 0.3 is 0 Å². The summed E-state index contributed by atoms with van der Waals surface area (Å²) in [5, 5.41) is 11.4. The third kappa shape index (κ3) is 5.35. The Hall–Kier alpha value is -7.63. The van der Waals surface area contributed by atoms with Gasteiger partial charge < -0.3 is 4.42 Å². The fourth-order valence-electron chi connectivity index (χ4n) is 8.55. The number of rotatable bonds is 4. The summed E-state index contributed by atoms with van der Waals surface area (Å²) in [7, 11) is 0. The topological polar surface area (TPSA) is 56.7 Å². The first-order valence-corrected chi connectivity index (χ1v) is 19.8. The lowest BCUT2D eigenvalue weighted by atomic mass is 9.98. The Kier molecular flexibility index (Phi) is 7.86. The molecule has 5 heteroatoms. The maximum absolute atomic E-state index is 6.25. The Morgan fingerprint density at radius 3 is 1.66 bits per heavy atom. The molecule has 0 fully saturated rings. The van der Waals surface area contributed by atoms with Crippen molar-refractivity contribution < 1.29 is 4.42 Å². The van der Waals surface area contributed by atoms with Gasteiger partial charge in [-0.3, -0.25) is 4.57 Å². The molecule has 3 aromatic heterocycles. The van der Waals surface area contributed by atoms with Crippen molar-refractivity contribution in [3.05, 3.63) is 182 Å². The van der Waals surface area contributed by atoms with Crippen molar-refractivity contribution in [2.75, 3.05) is 0 Å². The fourth-order valence-corrected chi connectivity index (χ4v) is 8.55. The second-order valence-electron chi connectivity index (χ2n) is 14.4. The number of fused-ring (bicyclic) bond motifs is 10. The van der Waals surface area contributed by atoms with Crippen LogP contribution in [0.25, 0.3) is 116 Å².